The Labute approximate surface area is 187 Å². The molecule has 2 aliphatic rings. The normalized spacial score (nSPS) is 13.5. The van der Waals surface area contributed by atoms with Crippen molar-refractivity contribution in [1.29, 1.82) is 0 Å². The molecule has 5 rings (SSSR count). The van der Waals surface area contributed by atoms with E-state index >= 15 is 0 Å². The number of ether oxygens (including phenoxy) is 4. The van der Waals surface area contributed by atoms with Crippen LogP contribution >= 0.6 is 0 Å². The smallest absolute Gasteiger partial charge is 0.231 e. The Hall–Kier alpha value is -2.22. The van der Waals surface area contributed by atoms with E-state index in [9.17, 15) is 0 Å². The molecule has 0 saturated heterocycles. The third-order valence-electron chi connectivity index (χ3n) is 5.68. The molecule has 2 aromatic carbocycles. The molecule has 0 spiro atoms. The molecule has 0 amide bonds. The first-order valence-corrected chi connectivity index (χ1v) is 9.86. The van der Waals surface area contributed by atoms with E-state index in [0.717, 1.165) is 47.8 Å². The Kier molecular flexibility index (Phi) is 5.46. The van der Waals surface area contributed by atoms with Gasteiger partial charge in [0.25, 0.3) is 0 Å². The second-order valence-electron chi connectivity index (χ2n) is 7.11. The van der Waals surface area contributed by atoms with Gasteiger partial charge in [0.05, 0.1) is 24.7 Å². The predicted octanol–water partition coefficient (Wildman–Crippen LogP) is 1.05. The van der Waals surface area contributed by atoms with Crippen LogP contribution in [0.4, 0.5) is 0 Å². The summed E-state index contributed by atoms with van der Waals surface area (Å²) in [7, 11) is 1.69. The lowest BCUT2D eigenvalue weighted by atomic mass is 9.90. The summed E-state index contributed by atoms with van der Waals surface area (Å²) < 4.78 is 25.1. The van der Waals surface area contributed by atoms with E-state index in [1.54, 1.807) is 7.11 Å². The summed E-state index contributed by atoms with van der Waals surface area (Å²) in [4.78, 5) is 0. The number of aromatic nitrogens is 1. The summed E-state index contributed by atoms with van der Waals surface area (Å²) in [5.74, 6) is 3.29. The second kappa shape index (κ2) is 7.89. The number of aryl methyl sites for hydroxylation is 3. The summed E-state index contributed by atoms with van der Waals surface area (Å²) in [6.07, 6.45) is 4.11. The fourth-order valence-corrected chi connectivity index (χ4v) is 4.45. The zero-order valence-corrected chi connectivity index (χ0v) is 19.0. The molecular formula is C23H24INO4. The minimum atomic E-state index is 0. The molecule has 29 heavy (non-hydrogen) atoms. The summed E-state index contributed by atoms with van der Waals surface area (Å²) >= 11 is 0. The zero-order valence-electron chi connectivity index (χ0n) is 16.9. The first-order chi connectivity index (χ1) is 13.7. The van der Waals surface area contributed by atoms with Gasteiger partial charge in [0, 0.05) is 17.4 Å². The first-order valence-electron chi connectivity index (χ1n) is 9.86. The molecule has 0 bridgehead atoms. The van der Waals surface area contributed by atoms with Crippen molar-refractivity contribution >= 4 is 10.8 Å². The second-order valence-corrected chi connectivity index (χ2v) is 7.11. The third kappa shape index (κ3) is 3.08. The Bertz CT molecular complexity index is 1100. The fourth-order valence-electron chi connectivity index (χ4n) is 4.45. The molecule has 3 aromatic rings. The highest BCUT2D eigenvalue weighted by atomic mass is 127. The minimum absolute atomic E-state index is 0. The van der Waals surface area contributed by atoms with E-state index in [2.05, 4.69) is 35.9 Å². The number of rotatable bonds is 4. The van der Waals surface area contributed by atoms with Gasteiger partial charge in [-0.3, -0.25) is 0 Å². The number of nitrogens with zero attached hydrogens (tertiary/aromatic N) is 1. The van der Waals surface area contributed by atoms with E-state index in [1.807, 2.05) is 13.0 Å². The van der Waals surface area contributed by atoms with Crippen LogP contribution in [-0.4, -0.2) is 20.5 Å². The molecule has 0 fully saturated rings. The number of methoxy groups -OCH3 is 1. The lowest BCUT2D eigenvalue weighted by Gasteiger charge is -2.20. The lowest BCUT2D eigenvalue weighted by Crippen LogP contribution is -3.00. The largest absolute Gasteiger partial charge is 1.00 e. The molecule has 3 heterocycles. The summed E-state index contributed by atoms with van der Waals surface area (Å²) in [6, 6.07) is 8.44. The summed E-state index contributed by atoms with van der Waals surface area (Å²) in [6.45, 7) is 6.04. The van der Waals surface area contributed by atoms with Crippen molar-refractivity contribution in [2.45, 2.75) is 33.2 Å². The van der Waals surface area contributed by atoms with Gasteiger partial charge in [-0.25, -0.2) is 0 Å². The van der Waals surface area contributed by atoms with Gasteiger partial charge in [-0.1, -0.05) is 6.92 Å². The van der Waals surface area contributed by atoms with E-state index in [1.165, 1.54) is 27.8 Å². The Balaban J connectivity index is 0.00000205. The third-order valence-corrected chi connectivity index (χ3v) is 5.68. The van der Waals surface area contributed by atoms with Crippen molar-refractivity contribution in [3.05, 3.63) is 41.6 Å². The molecule has 1 aromatic heterocycles. The van der Waals surface area contributed by atoms with Gasteiger partial charge in [0.1, 0.15) is 0 Å². The first kappa shape index (κ1) is 20.1. The molecule has 6 heteroatoms. The van der Waals surface area contributed by atoms with Crippen LogP contribution in [0.3, 0.4) is 0 Å². The highest BCUT2D eigenvalue weighted by molar-refractivity contribution is 5.95. The average Bonchev–Trinajstić information content (AvgIpc) is 3.18. The number of benzene rings is 2. The molecule has 0 atom stereocenters. The molecule has 0 unspecified atom stereocenters. The summed E-state index contributed by atoms with van der Waals surface area (Å²) in [5.41, 5.74) is 5.14. The molecule has 0 N–H and O–H groups in total. The van der Waals surface area contributed by atoms with Crippen molar-refractivity contribution in [3.8, 4) is 34.3 Å². The summed E-state index contributed by atoms with van der Waals surface area (Å²) in [5, 5.41) is 2.31. The maximum atomic E-state index is 5.99. The molecule has 0 radical (unpaired) electrons. The highest BCUT2D eigenvalue weighted by Crippen LogP contribution is 2.43. The Morgan fingerprint density at radius 3 is 2.59 bits per heavy atom. The van der Waals surface area contributed by atoms with Crippen LogP contribution in [0.15, 0.2) is 30.5 Å². The standard InChI is InChI=1S/C23H24NO4.HI/c1-4-15-16-6-7-19(25-3)23(26-5-2)18(16)12-24-9-8-14-10-20-21(28-13-27-20)11-17(14)22(15)24;/h6-7,10-12H,4-5,8-9,13H2,1-3H3;1H/q+1;/p-1. The van der Waals surface area contributed by atoms with Crippen LogP contribution in [0.25, 0.3) is 22.0 Å². The number of hydrogen-bond acceptors (Lipinski definition) is 4. The molecular weight excluding hydrogens is 481 g/mol. The average molecular weight is 505 g/mol. The van der Waals surface area contributed by atoms with Crippen molar-refractivity contribution in [3.63, 3.8) is 0 Å². The van der Waals surface area contributed by atoms with E-state index in [-0.39, 0.29) is 24.0 Å². The zero-order chi connectivity index (χ0) is 19.3. The Morgan fingerprint density at radius 2 is 1.86 bits per heavy atom. The van der Waals surface area contributed by atoms with Gasteiger partial charge in [-0.05, 0) is 43.2 Å². The Morgan fingerprint density at radius 1 is 1.07 bits per heavy atom. The van der Waals surface area contributed by atoms with Crippen LogP contribution < -0.4 is 47.5 Å². The van der Waals surface area contributed by atoms with E-state index < -0.39 is 0 Å². The van der Waals surface area contributed by atoms with Gasteiger partial charge < -0.3 is 42.9 Å². The number of halogens is 1. The maximum absolute atomic E-state index is 5.99. The quantitative estimate of drug-likeness (QED) is 0.393. The SMILES string of the molecule is CCOc1c(OC)ccc2c(CC)c3[n+](cc12)CCc1cc2c(cc1-3)OCO2.[I-]. The van der Waals surface area contributed by atoms with Gasteiger partial charge in [0.15, 0.2) is 35.7 Å². The molecule has 152 valence electrons. The molecule has 0 saturated carbocycles. The van der Waals surface area contributed by atoms with Crippen molar-refractivity contribution < 1.29 is 47.5 Å². The van der Waals surface area contributed by atoms with Crippen LogP contribution in [-0.2, 0) is 19.4 Å². The lowest BCUT2D eigenvalue weighted by molar-refractivity contribution is -0.686. The number of hydrogen-bond donors (Lipinski definition) is 0. The number of pyridine rings is 1. The van der Waals surface area contributed by atoms with Crippen LogP contribution in [0.1, 0.15) is 25.0 Å². The van der Waals surface area contributed by atoms with Crippen LogP contribution in [0.5, 0.6) is 23.0 Å². The number of fused-ring (bicyclic) bond motifs is 5. The van der Waals surface area contributed by atoms with E-state index in [4.69, 9.17) is 18.9 Å². The highest BCUT2D eigenvalue weighted by Gasteiger charge is 2.31. The predicted molar refractivity (Wildman–Crippen MR) is 107 cm³/mol. The maximum Gasteiger partial charge on any atom is 0.231 e. The van der Waals surface area contributed by atoms with Gasteiger partial charge in [0.2, 0.25) is 12.5 Å². The van der Waals surface area contributed by atoms with Gasteiger partial charge >= 0.3 is 0 Å². The van der Waals surface area contributed by atoms with Crippen molar-refractivity contribution in [2.75, 3.05) is 20.5 Å². The minimum Gasteiger partial charge on any atom is -1.00 e. The molecule has 5 nitrogen and oxygen atoms in total. The van der Waals surface area contributed by atoms with E-state index in [0.29, 0.717) is 13.4 Å². The van der Waals surface area contributed by atoms with Gasteiger partial charge in [-0.15, -0.1) is 0 Å². The fraction of sp³-hybridized carbons (Fsp3) is 0.348. The van der Waals surface area contributed by atoms with Crippen molar-refractivity contribution in [2.24, 2.45) is 0 Å². The van der Waals surface area contributed by atoms with Gasteiger partial charge in [-0.2, -0.15) is 4.57 Å². The van der Waals surface area contributed by atoms with Crippen LogP contribution in [0, 0.1) is 0 Å². The van der Waals surface area contributed by atoms with Crippen LogP contribution in [0.2, 0.25) is 0 Å². The molecule has 0 aliphatic carbocycles. The van der Waals surface area contributed by atoms with Crippen molar-refractivity contribution in [1.82, 2.24) is 0 Å². The molecule has 2 aliphatic heterocycles. The monoisotopic (exact) mass is 505 g/mol. The topological polar surface area (TPSA) is 40.8 Å².